The Bertz CT molecular complexity index is 695. The summed E-state index contributed by atoms with van der Waals surface area (Å²) in [7, 11) is 0. The molecule has 4 heteroatoms. The Morgan fingerprint density at radius 1 is 1.35 bits per heavy atom. The van der Waals surface area contributed by atoms with Gasteiger partial charge in [-0.25, -0.2) is 4.39 Å². The van der Waals surface area contributed by atoms with Crippen molar-refractivity contribution in [2.45, 2.75) is 38.8 Å². The van der Waals surface area contributed by atoms with Crippen LogP contribution in [0.15, 0.2) is 12.1 Å². The highest BCUT2D eigenvalue weighted by atomic mass is 19.1. The summed E-state index contributed by atoms with van der Waals surface area (Å²) in [6.07, 6.45) is 3.22. The maximum absolute atomic E-state index is 13.8. The molecule has 104 valence electrons. The normalized spacial score (nSPS) is 18.1. The highest BCUT2D eigenvalue weighted by Crippen LogP contribution is 2.36. The third-order valence-electron chi connectivity index (χ3n) is 4.11. The van der Waals surface area contributed by atoms with Crippen LogP contribution in [0.2, 0.25) is 0 Å². The van der Waals surface area contributed by atoms with E-state index in [0.29, 0.717) is 24.8 Å². The van der Waals surface area contributed by atoms with Crippen molar-refractivity contribution in [3.05, 3.63) is 34.8 Å². The van der Waals surface area contributed by atoms with Gasteiger partial charge in [-0.1, -0.05) is 0 Å². The monoisotopic (exact) mass is 272 g/mol. The summed E-state index contributed by atoms with van der Waals surface area (Å²) in [5.41, 5.74) is 4.72. The number of hydrogen-bond acceptors (Lipinski definition) is 3. The van der Waals surface area contributed by atoms with Crippen LogP contribution >= 0.6 is 0 Å². The molecule has 0 unspecified atom stereocenters. The molecule has 1 aliphatic carbocycles. The van der Waals surface area contributed by atoms with Gasteiger partial charge < -0.3 is 10.1 Å². The Morgan fingerprint density at radius 2 is 2.20 bits per heavy atom. The molecule has 0 amide bonds. The quantitative estimate of drug-likeness (QED) is 0.910. The van der Waals surface area contributed by atoms with Crippen molar-refractivity contribution in [1.29, 1.82) is 0 Å². The van der Waals surface area contributed by atoms with E-state index < -0.39 is 0 Å². The summed E-state index contributed by atoms with van der Waals surface area (Å²) in [6, 6.07) is 4.01. The molecule has 4 rings (SSSR count). The van der Waals surface area contributed by atoms with Gasteiger partial charge >= 0.3 is 0 Å². The van der Waals surface area contributed by atoms with Crippen molar-refractivity contribution in [3.8, 4) is 0 Å². The molecule has 1 saturated carbocycles. The zero-order chi connectivity index (χ0) is 13.7. The van der Waals surface area contributed by atoms with Gasteiger partial charge in [-0.15, -0.1) is 0 Å². The molecule has 0 spiro atoms. The van der Waals surface area contributed by atoms with Crippen LogP contribution in [0, 0.1) is 12.7 Å². The van der Waals surface area contributed by atoms with Crippen molar-refractivity contribution in [2.75, 3.05) is 11.9 Å². The third-order valence-corrected chi connectivity index (χ3v) is 4.11. The third kappa shape index (κ3) is 1.95. The first-order valence-corrected chi connectivity index (χ1v) is 7.18. The van der Waals surface area contributed by atoms with Gasteiger partial charge in [0.25, 0.3) is 0 Å². The summed E-state index contributed by atoms with van der Waals surface area (Å²) in [6.45, 7) is 3.10. The second kappa shape index (κ2) is 4.42. The molecule has 1 fully saturated rings. The first-order valence-electron chi connectivity index (χ1n) is 7.18. The molecule has 2 heterocycles. The molecule has 1 aliphatic heterocycles. The van der Waals surface area contributed by atoms with Crippen LogP contribution in [0.4, 0.5) is 10.1 Å². The molecule has 0 atom stereocenters. The van der Waals surface area contributed by atoms with Crippen LogP contribution in [-0.4, -0.2) is 17.6 Å². The van der Waals surface area contributed by atoms with Gasteiger partial charge in [0.15, 0.2) is 0 Å². The Labute approximate surface area is 117 Å². The number of ether oxygens (including phenoxy) is 1. The number of hydrogen-bond donors (Lipinski definition) is 1. The average molecular weight is 272 g/mol. The van der Waals surface area contributed by atoms with Gasteiger partial charge in [0.2, 0.25) is 0 Å². The number of nitrogens with zero attached hydrogens (tertiary/aromatic N) is 1. The number of benzene rings is 1. The predicted molar refractivity (Wildman–Crippen MR) is 76.4 cm³/mol. The lowest BCUT2D eigenvalue weighted by Crippen LogP contribution is -2.16. The summed E-state index contributed by atoms with van der Waals surface area (Å²) >= 11 is 0. The van der Waals surface area contributed by atoms with Gasteiger partial charge in [0.05, 0.1) is 30.1 Å². The van der Waals surface area contributed by atoms with Crippen LogP contribution in [0.5, 0.6) is 0 Å². The number of aryl methyl sites for hydroxylation is 1. The van der Waals surface area contributed by atoms with Crippen molar-refractivity contribution in [2.24, 2.45) is 0 Å². The molecular weight excluding hydrogens is 255 g/mol. The fraction of sp³-hybridized carbons (Fsp3) is 0.438. The summed E-state index contributed by atoms with van der Waals surface area (Å²) in [5.74, 6) is -0.186. The standard InChI is InChI=1S/C16H17FN2O/c1-9-6-11-15(7-13(9)17)19-14-4-5-20-8-12(14)16(11)18-10-2-3-10/h6-7,10H,2-5,8H2,1H3,(H,18,19). The fourth-order valence-corrected chi connectivity index (χ4v) is 2.79. The maximum atomic E-state index is 13.8. The summed E-state index contributed by atoms with van der Waals surface area (Å²) in [5, 5.41) is 4.61. The Kier molecular flexibility index (Phi) is 2.67. The smallest absolute Gasteiger partial charge is 0.128 e. The van der Waals surface area contributed by atoms with E-state index in [1.807, 2.05) is 6.07 Å². The highest BCUT2D eigenvalue weighted by molar-refractivity contribution is 5.94. The average Bonchev–Trinajstić information content (AvgIpc) is 3.25. The van der Waals surface area contributed by atoms with Gasteiger partial charge in [0.1, 0.15) is 5.82 Å². The number of anilines is 1. The van der Waals surface area contributed by atoms with Crippen LogP contribution in [0.3, 0.4) is 0 Å². The number of fused-ring (bicyclic) bond motifs is 2. The minimum Gasteiger partial charge on any atom is -0.381 e. The minimum atomic E-state index is -0.186. The van der Waals surface area contributed by atoms with Crippen molar-refractivity contribution in [1.82, 2.24) is 4.98 Å². The van der Waals surface area contributed by atoms with E-state index in [0.717, 1.165) is 34.3 Å². The molecular formula is C16H17FN2O. The number of pyridine rings is 1. The largest absolute Gasteiger partial charge is 0.381 e. The van der Waals surface area contributed by atoms with Gasteiger partial charge in [-0.2, -0.15) is 0 Å². The molecule has 3 nitrogen and oxygen atoms in total. The first kappa shape index (κ1) is 12.1. The van der Waals surface area contributed by atoms with Gasteiger partial charge in [0, 0.05) is 29.5 Å². The van der Waals surface area contributed by atoms with Crippen LogP contribution in [0.25, 0.3) is 10.9 Å². The molecule has 1 aromatic carbocycles. The second-order valence-electron chi connectivity index (χ2n) is 5.75. The van der Waals surface area contributed by atoms with Crippen LogP contribution in [-0.2, 0) is 17.8 Å². The lowest BCUT2D eigenvalue weighted by atomic mass is 10.0. The zero-order valence-electron chi connectivity index (χ0n) is 11.5. The fourth-order valence-electron chi connectivity index (χ4n) is 2.79. The van der Waals surface area contributed by atoms with Crippen molar-refractivity contribution >= 4 is 16.6 Å². The lowest BCUT2D eigenvalue weighted by molar-refractivity contribution is 0.110. The minimum absolute atomic E-state index is 0.186. The van der Waals surface area contributed by atoms with E-state index in [1.165, 1.54) is 12.8 Å². The Balaban J connectivity index is 1.98. The SMILES string of the molecule is Cc1cc2c(NC3CC3)c3c(nc2cc1F)CCOC3. The van der Waals surface area contributed by atoms with E-state index in [9.17, 15) is 4.39 Å². The molecule has 0 saturated heterocycles. The highest BCUT2D eigenvalue weighted by Gasteiger charge is 2.26. The van der Waals surface area contributed by atoms with E-state index in [4.69, 9.17) is 4.74 Å². The molecule has 1 N–H and O–H groups in total. The Hall–Kier alpha value is -1.68. The van der Waals surface area contributed by atoms with E-state index in [-0.39, 0.29) is 5.82 Å². The lowest BCUT2D eigenvalue weighted by Gasteiger charge is -2.22. The number of aromatic nitrogens is 1. The number of nitrogens with one attached hydrogen (secondary N) is 1. The summed E-state index contributed by atoms with van der Waals surface area (Å²) in [4.78, 5) is 4.65. The Morgan fingerprint density at radius 3 is 3.00 bits per heavy atom. The molecule has 2 aliphatic rings. The van der Waals surface area contributed by atoms with Crippen LogP contribution in [0.1, 0.15) is 29.7 Å². The first-order chi connectivity index (χ1) is 9.72. The van der Waals surface area contributed by atoms with Gasteiger partial charge in [-0.3, -0.25) is 4.98 Å². The second-order valence-corrected chi connectivity index (χ2v) is 5.75. The topological polar surface area (TPSA) is 34.2 Å². The molecule has 0 bridgehead atoms. The van der Waals surface area contributed by atoms with E-state index in [2.05, 4.69) is 10.3 Å². The maximum Gasteiger partial charge on any atom is 0.128 e. The number of halogens is 1. The molecule has 0 radical (unpaired) electrons. The zero-order valence-corrected chi connectivity index (χ0v) is 11.5. The predicted octanol–water partition coefficient (Wildman–Crippen LogP) is 3.33. The van der Waals surface area contributed by atoms with Crippen molar-refractivity contribution in [3.63, 3.8) is 0 Å². The van der Waals surface area contributed by atoms with Crippen LogP contribution < -0.4 is 5.32 Å². The van der Waals surface area contributed by atoms with E-state index >= 15 is 0 Å². The number of rotatable bonds is 2. The van der Waals surface area contributed by atoms with Gasteiger partial charge in [-0.05, 0) is 31.4 Å². The molecule has 1 aromatic heterocycles. The molecule has 2 aromatic rings. The molecule has 20 heavy (non-hydrogen) atoms. The summed E-state index contributed by atoms with van der Waals surface area (Å²) < 4.78 is 19.4. The van der Waals surface area contributed by atoms with Crippen molar-refractivity contribution < 1.29 is 9.13 Å². The van der Waals surface area contributed by atoms with E-state index in [1.54, 1.807) is 13.0 Å².